The van der Waals surface area contributed by atoms with Gasteiger partial charge in [-0.25, -0.2) is 0 Å². The zero-order valence-electron chi connectivity index (χ0n) is 14.7. The Balaban J connectivity index is 2.07. The van der Waals surface area contributed by atoms with Crippen molar-refractivity contribution in [3.05, 3.63) is 59.2 Å². The number of amides is 2. The lowest BCUT2D eigenvalue weighted by atomic mass is 10.1. The second-order valence-corrected chi connectivity index (χ2v) is 5.90. The van der Waals surface area contributed by atoms with Gasteiger partial charge in [0.2, 0.25) is 11.8 Å². The van der Waals surface area contributed by atoms with E-state index in [1.807, 2.05) is 38.1 Å². The van der Waals surface area contributed by atoms with Gasteiger partial charge in [0.05, 0.1) is 11.6 Å². The van der Waals surface area contributed by atoms with Crippen molar-refractivity contribution >= 4 is 23.2 Å². The van der Waals surface area contributed by atoms with Crippen molar-refractivity contribution in [3.8, 4) is 6.07 Å². The van der Waals surface area contributed by atoms with Gasteiger partial charge in [-0.1, -0.05) is 24.3 Å². The van der Waals surface area contributed by atoms with Crippen LogP contribution < -0.4 is 10.2 Å². The molecule has 0 saturated heterocycles. The van der Waals surface area contributed by atoms with E-state index in [0.29, 0.717) is 17.8 Å². The Morgan fingerprint density at radius 1 is 1.12 bits per heavy atom. The number of hydrogen-bond acceptors (Lipinski definition) is 3. The molecule has 0 aliphatic carbocycles. The number of aryl methyl sites for hydroxylation is 2. The Hall–Kier alpha value is -3.13. The van der Waals surface area contributed by atoms with Crippen molar-refractivity contribution in [2.75, 3.05) is 16.8 Å². The summed E-state index contributed by atoms with van der Waals surface area (Å²) in [4.78, 5) is 25.9. The molecular formula is C20H21N3O2. The molecule has 0 unspecified atom stereocenters. The number of nitriles is 1. The normalized spacial score (nSPS) is 10.0. The molecule has 0 radical (unpaired) electrons. The summed E-state index contributed by atoms with van der Waals surface area (Å²) in [6.45, 7) is 5.70. The molecule has 0 fully saturated rings. The van der Waals surface area contributed by atoms with Crippen LogP contribution in [-0.4, -0.2) is 18.4 Å². The molecule has 0 aliphatic heterocycles. The van der Waals surface area contributed by atoms with Crippen LogP contribution in [0.3, 0.4) is 0 Å². The summed E-state index contributed by atoms with van der Waals surface area (Å²) in [6, 6.07) is 14.6. The number of nitrogens with zero attached hydrogens (tertiary/aromatic N) is 2. The van der Waals surface area contributed by atoms with Crippen molar-refractivity contribution < 1.29 is 9.59 Å². The van der Waals surface area contributed by atoms with Gasteiger partial charge >= 0.3 is 0 Å². The molecule has 0 atom stereocenters. The van der Waals surface area contributed by atoms with E-state index in [1.165, 1.54) is 6.92 Å². The van der Waals surface area contributed by atoms with Crippen LogP contribution in [0.15, 0.2) is 42.5 Å². The second-order valence-electron chi connectivity index (χ2n) is 5.90. The maximum absolute atomic E-state index is 12.2. The van der Waals surface area contributed by atoms with E-state index in [-0.39, 0.29) is 18.2 Å². The molecule has 0 heterocycles. The molecule has 5 heteroatoms. The van der Waals surface area contributed by atoms with E-state index in [4.69, 9.17) is 5.26 Å². The van der Waals surface area contributed by atoms with Gasteiger partial charge in [-0.2, -0.15) is 5.26 Å². The van der Waals surface area contributed by atoms with Crippen LogP contribution >= 0.6 is 0 Å². The van der Waals surface area contributed by atoms with E-state index in [9.17, 15) is 9.59 Å². The van der Waals surface area contributed by atoms with Gasteiger partial charge in [0.25, 0.3) is 0 Å². The van der Waals surface area contributed by atoms with Gasteiger partial charge in [0, 0.05) is 31.3 Å². The molecule has 0 spiro atoms. The van der Waals surface area contributed by atoms with Crippen LogP contribution in [0.25, 0.3) is 0 Å². The fourth-order valence-corrected chi connectivity index (χ4v) is 2.76. The number of para-hydroxylation sites is 1. The lowest BCUT2D eigenvalue weighted by Crippen LogP contribution is -2.33. The summed E-state index contributed by atoms with van der Waals surface area (Å²) in [5, 5.41) is 11.7. The van der Waals surface area contributed by atoms with E-state index in [1.54, 1.807) is 29.2 Å². The van der Waals surface area contributed by atoms with Gasteiger partial charge in [0.15, 0.2) is 0 Å². The van der Waals surface area contributed by atoms with Crippen LogP contribution in [0.5, 0.6) is 0 Å². The molecule has 0 aromatic heterocycles. The average molecular weight is 335 g/mol. The van der Waals surface area contributed by atoms with Crippen LogP contribution in [0, 0.1) is 25.2 Å². The van der Waals surface area contributed by atoms with Gasteiger partial charge < -0.3 is 10.2 Å². The van der Waals surface area contributed by atoms with Crippen molar-refractivity contribution in [3.63, 3.8) is 0 Å². The van der Waals surface area contributed by atoms with E-state index in [2.05, 4.69) is 5.32 Å². The molecule has 2 amide bonds. The molecule has 25 heavy (non-hydrogen) atoms. The molecule has 2 rings (SSSR count). The Kier molecular flexibility index (Phi) is 5.91. The first-order valence-electron chi connectivity index (χ1n) is 8.06. The van der Waals surface area contributed by atoms with Crippen molar-refractivity contribution in [2.24, 2.45) is 0 Å². The number of nitrogens with one attached hydrogen (secondary N) is 1. The minimum Gasteiger partial charge on any atom is -0.326 e. The largest absolute Gasteiger partial charge is 0.326 e. The van der Waals surface area contributed by atoms with Crippen LogP contribution in [0.4, 0.5) is 11.4 Å². The summed E-state index contributed by atoms with van der Waals surface area (Å²) in [6.07, 6.45) is 0.171. The zero-order valence-corrected chi connectivity index (χ0v) is 14.7. The van der Waals surface area contributed by atoms with Crippen LogP contribution in [0.2, 0.25) is 0 Å². The average Bonchev–Trinajstić information content (AvgIpc) is 2.57. The summed E-state index contributed by atoms with van der Waals surface area (Å²) in [7, 11) is 0. The molecule has 0 saturated carbocycles. The molecule has 128 valence electrons. The third-order valence-electron chi connectivity index (χ3n) is 3.93. The molecule has 0 aliphatic rings. The van der Waals surface area contributed by atoms with Crippen LogP contribution in [-0.2, 0) is 9.59 Å². The smallest absolute Gasteiger partial charge is 0.226 e. The van der Waals surface area contributed by atoms with E-state index >= 15 is 0 Å². The third kappa shape index (κ3) is 4.67. The number of carbonyl (C=O) groups excluding carboxylic acids is 2. The number of benzene rings is 2. The number of carbonyl (C=O) groups is 2. The predicted molar refractivity (Wildman–Crippen MR) is 98.3 cm³/mol. The first-order chi connectivity index (χ1) is 11.9. The van der Waals surface area contributed by atoms with Crippen molar-refractivity contribution in [2.45, 2.75) is 27.2 Å². The first kappa shape index (κ1) is 18.2. The third-order valence-corrected chi connectivity index (χ3v) is 3.93. The highest BCUT2D eigenvalue weighted by Crippen LogP contribution is 2.25. The summed E-state index contributed by atoms with van der Waals surface area (Å²) < 4.78 is 0. The highest BCUT2D eigenvalue weighted by Gasteiger charge is 2.17. The monoisotopic (exact) mass is 335 g/mol. The summed E-state index contributed by atoms with van der Waals surface area (Å²) >= 11 is 0. The highest BCUT2D eigenvalue weighted by atomic mass is 16.2. The molecule has 2 aromatic rings. The zero-order chi connectivity index (χ0) is 18.4. The Labute approximate surface area is 147 Å². The molecule has 2 aromatic carbocycles. The van der Waals surface area contributed by atoms with Gasteiger partial charge in [-0.15, -0.1) is 0 Å². The van der Waals surface area contributed by atoms with Crippen LogP contribution in [0.1, 0.15) is 30.0 Å². The standard InChI is InChI=1S/C20H21N3O2/c1-14-6-4-7-15(2)20(14)23(16(3)24)11-10-19(25)22-18-9-5-8-17(12-18)13-21/h4-9,12H,10-11H2,1-3H3,(H,22,25). The minimum absolute atomic E-state index is 0.100. The molecular weight excluding hydrogens is 314 g/mol. The van der Waals surface area contributed by atoms with Gasteiger partial charge in [0.1, 0.15) is 0 Å². The van der Waals surface area contributed by atoms with Crippen molar-refractivity contribution in [1.82, 2.24) is 0 Å². The second kappa shape index (κ2) is 8.11. The SMILES string of the molecule is CC(=O)N(CCC(=O)Nc1cccc(C#N)c1)c1c(C)cccc1C. The predicted octanol–water partition coefficient (Wildman–Crippen LogP) is 3.56. The number of rotatable bonds is 5. The fraction of sp³-hybridized carbons (Fsp3) is 0.250. The lowest BCUT2D eigenvalue weighted by Gasteiger charge is -2.25. The topological polar surface area (TPSA) is 73.2 Å². The highest BCUT2D eigenvalue weighted by molar-refractivity contribution is 5.95. The fourth-order valence-electron chi connectivity index (χ4n) is 2.76. The summed E-state index contributed by atoms with van der Waals surface area (Å²) in [5.41, 5.74) is 3.91. The lowest BCUT2D eigenvalue weighted by molar-refractivity contribution is -0.117. The maximum Gasteiger partial charge on any atom is 0.226 e. The van der Waals surface area contributed by atoms with Crippen molar-refractivity contribution in [1.29, 1.82) is 5.26 Å². The maximum atomic E-state index is 12.2. The number of anilines is 2. The van der Waals surface area contributed by atoms with Gasteiger partial charge in [-0.05, 0) is 43.2 Å². The minimum atomic E-state index is -0.201. The Bertz CT molecular complexity index is 817. The molecule has 0 bridgehead atoms. The number of hydrogen-bond donors (Lipinski definition) is 1. The molecule has 1 N–H and O–H groups in total. The Morgan fingerprint density at radius 3 is 2.36 bits per heavy atom. The quantitative estimate of drug-likeness (QED) is 0.908. The van der Waals surface area contributed by atoms with E-state index in [0.717, 1.165) is 16.8 Å². The van der Waals surface area contributed by atoms with E-state index < -0.39 is 0 Å². The summed E-state index contributed by atoms with van der Waals surface area (Å²) in [5.74, 6) is -0.302. The van der Waals surface area contributed by atoms with Gasteiger partial charge in [-0.3, -0.25) is 9.59 Å². The Morgan fingerprint density at radius 2 is 1.76 bits per heavy atom. The molecule has 5 nitrogen and oxygen atoms in total. The first-order valence-corrected chi connectivity index (χ1v) is 8.06.